The van der Waals surface area contributed by atoms with Crippen LogP contribution in [0.2, 0.25) is 0 Å². The molecule has 0 N–H and O–H groups in total. The second-order valence-electron chi connectivity index (χ2n) is 2.66. The Morgan fingerprint density at radius 3 is 2.44 bits per heavy atom. The summed E-state index contributed by atoms with van der Waals surface area (Å²) >= 11 is 4.58. The highest BCUT2D eigenvalue weighted by molar-refractivity contribution is 7.80. The number of hydroxylamine groups is 2. The molecule has 1 aliphatic heterocycles. The molecule has 4 heteroatoms. The molecule has 1 aliphatic rings. The van der Waals surface area contributed by atoms with E-state index in [0.717, 1.165) is 5.06 Å². The summed E-state index contributed by atoms with van der Waals surface area (Å²) in [6.07, 6.45) is 0. The van der Waals surface area contributed by atoms with Crippen molar-refractivity contribution in [2.45, 2.75) is 19.4 Å². The van der Waals surface area contributed by atoms with E-state index in [1.165, 1.54) is 0 Å². The third kappa shape index (κ3) is 0.997. The first-order chi connectivity index (χ1) is 4.04. The molecule has 1 fully saturated rings. The number of thiocarbonyl (C=S) groups is 1. The van der Waals surface area contributed by atoms with E-state index >= 15 is 0 Å². The van der Waals surface area contributed by atoms with Gasteiger partial charge in [0.1, 0.15) is 6.61 Å². The van der Waals surface area contributed by atoms with Gasteiger partial charge in [-0.15, -0.1) is 0 Å². The minimum absolute atomic E-state index is 0.0556. The molecule has 9 heavy (non-hydrogen) atoms. The van der Waals surface area contributed by atoms with Crippen LogP contribution in [0.3, 0.4) is 0 Å². The van der Waals surface area contributed by atoms with Crippen LogP contribution in [0.5, 0.6) is 0 Å². The Balaban J connectivity index is 2.73. The predicted molar refractivity (Wildman–Crippen MR) is 37.8 cm³/mol. The van der Waals surface area contributed by atoms with Crippen molar-refractivity contribution in [3.63, 3.8) is 0 Å². The van der Waals surface area contributed by atoms with Gasteiger partial charge >= 0.3 is 0 Å². The Bertz CT molecular complexity index is 146. The summed E-state index contributed by atoms with van der Waals surface area (Å²) in [5, 5.41) is 11.7. The summed E-state index contributed by atoms with van der Waals surface area (Å²) in [5.41, 5.74) is -0.461. The first-order valence-electron chi connectivity index (χ1n) is 2.68. The van der Waals surface area contributed by atoms with E-state index in [1.54, 1.807) is 13.8 Å². The summed E-state index contributed by atoms with van der Waals surface area (Å²) < 4.78 is 4.83. The summed E-state index contributed by atoms with van der Waals surface area (Å²) in [5.74, 6) is 0. The number of nitrogens with zero attached hydrogens (tertiary/aromatic N) is 1. The Morgan fingerprint density at radius 1 is 1.78 bits per heavy atom. The molecule has 0 amide bonds. The topological polar surface area (TPSA) is 35.5 Å². The van der Waals surface area contributed by atoms with Crippen molar-refractivity contribution >= 4 is 17.4 Å². The third-order valence-electron chi connectivity index (χ3n) is 1.26. The fourth-order valence-electron chi connectivity index (χ4n) is 0.603. The quantitative estimate of drug-likeness (QED) is 0.475. The van der Waals surface area contributed by atoms with E-state index in [2.05, 4.69) is 12.2 Å². The van der Waals surface area contributed by atoms with E-state index < -0.39 is 5.54 Å². The standard InChI is InChI=1S/C5H8NO2S/c1-5(2)3-8-4(9)6(5)7/h3H2,1-2H3/q-1. The van der Waals surface area contributed by atoms with Crippen molar-refractivity contribution in [1.29, 1.82) is 0 Å². The molecule has 0 atom stereocenters. The highest BCUT2D eigenvalue weighted by Crippen LogP contribution is 2.21. The lowest BCUT2D eigenvalue weighted by Gasteiger charge is -2.34. The van der Waals surface area contributed by atoms with Crippen LogP contribution in [-0.4, -0.2) is 22.4 Å². The summed E-state index contributed by atoms with van der Waals surface area (Å²) in [6.45, 7) is 3.98. The third-order valence-corrected chi connectivity index (χ3v) is 1.55. The first-order valence-corrected chi connectivity index (χ1v) is 3.09. The Kier molecular flexibility index (Phi) is 1.36. The van der Waals surface area contributed by atoms with Gasteiger partial charge in [-0.2, -0.15) is 0 Å². The lowest BCUT2D eigenvalue weighted by Crippen LogP contribution is -2.36. The van der Waals surface area contributed by atoms with Gasteiger partial charge in [0.25, 0.3) is 0 Å². The van der Waals surface area contributed by atoms with Crippen molar-refractivity contribution in [3.8, 4) is 0 Å². The maximum absolute atomic E-state index is 10.9. The lowest BCUT2D eigenvalue weighted by molar-refractivity contribution is 0.258. The zero-order chi connectivity index (χ0) is 7.07. The zero-order valence-electron chi connectivity index (χ0n) is 5.38. The molecule has 1 heterocycles. The molecule has 0 saturated carbocycles. The Morgan fingerprint density at radius 2 is 2.33 bits per heavy atom. The minimum atomic E-state index is -0.461. The maximum Gasteiger partial charge on any atom is 0.248 e. The fraction of sp³-hybridized carbons (Fsp3) is 0.800. The molecule has 0 aromatic heterocycles. The molecule has 0 unspecified atom stereocenters. The highest BCUT2D eigenvalue weighted by Gasteiger charge is 2.30. The molecule has 1 saturated heterocycles. The van der Waals surface area contributed by atoms with Crippen LogP contribution < -0.4 is 0 Å². The van der Waals surface area contributed by atoms with Gasteiger partial charge in [0.15, 0.2) is 0 Å². The largest absolute Gasteiger partial charge is 0.755 e. The second kappa shape index (κ2) is 1.82. The predicted octanol–water partition coefficient (Wildman–Crippen LogP) is 0.880. The Hall–Kier alpha value is -0.350. The van der Waals surface area contributed by atoms with Gasteiger partial charge in [-0.25, -0.2) is 0 Å². The second-order valence-corrected chi connectivity index (χ2v) is 3.01. The van der Waals surface area contributed by atoms with Crippen LogP contribution in [0.4, 0.5) is 0 Å². The number of hydrogen-bond acceptors (Lipinski definition) is 3. The van der Waals surface area contributed by atoms with Gasteiger partial charge in [-0.1, -0.05) is 0 Å². The molecular weight excluding hydrogens is 138 g/mol. The normalized spacial score (nSPS) is 24.3. The molecule has 0 aliphatic carbocycles. The SMILES string of the molecule is CC1(C)COC(=S)N1[O-]. The molecule has 0 aromatic rings. The van der Waals surface area contributed by atoms with Crippen molar-refractivity contribution in [2.24, 2.45) is 0 Å². The molecule has 1 rings (SSSR count). The zero-order valence-corrected chi connectivity index (χ0v) is 6.20. The van der Waals surface area contributed by atoms with Gasteiger partial charge in [-0.05, 0) is 26.1 Å². The van der Waals surface area contributed by atoms with Crippen LogP contribution in [0, 0.1) is 5.21 Å². The lowest BCUT2D eigenvalue weighted by atomic mass is 10.1. The van der Waals surface area contributed by atoms with E-state index in [9.17, 15) is 5.21 Å². The van der Waals surface area contributed by atoms with E-state index in [1.807, 2.05) is 0 Å². The van der Waals surface area contributed by atoms with Crippen LogP contribution in [-0.2, 0) is 4.74 Å². The number of rotatable bonds is 0. The van der Waals surface area contributed by atoms with E-state index in [4.69, 9.17) is 4.74 Å². The van der Waals surface area contributed by atoms with Gasteiger partial charge < -0.3 is 15.0 Å². The molecule has 0 radical (unpaired) electrons. The van der Waals surface area contributed by atoms with Crippen molar-refractivity contribution in [2.75, 3.05) is 6.61 Å². The summed E-state index contributed by atoms with van der Waals surface area (Å²) in [7, 11) is 0. The maximum atomic E-state index is 10.9. The van der Waals surface area contributed by atoms with Crippen molar-refractivity contribution < 1.29 is 4.74 Å². The van der Waals surface area contributed by atoms with Gasteiger partial charge in [0.05, 0.1) is 5.54 Å². The van der Waals surface area contributed by atoms with Crippen LogP contribution in [0.15, 0.2) is 0 Å². The molecule has 0 bridgehead atoms. The van der Waals surface area contributed by atoms with Crippen molar-refractivity contribution in [1.82, 2.24) is 5.06 Å². The van der Waals surface area contributed by atoms with Crippen LogP contribution >= 0.6 is 12.2 Å². The van der Waals surface area contributed by atoms with Gasteiger partial charge in [0.2, 0.25) is 5.17 Å². The van der Waals surface area contributed by atoms with Crippen molar-refractivity contribution in [3.05, 3.63) is 5.21 Å². The molecule has 0 spiro atoms. The highest BCUT2D eigenvalue weighted by atomic mass is 32.1. The summed E-state index contributed by atoms with van der Waals surface area (Å²) in [4.78, 5) is 0. The number of hydrogen-bond donors (Lipinski definition) is 0. The average molecular weight is 146 g/mol. The summed E-state index contributed by atoms with van der Waals surface area (Å²) in [6, 6.07) is 0. The minimum Gasteiger partial charge on any atom is -0.755 e. The van der Waals surface area contributed by atoms with E-state index in [-0.39, 0.29) is 5.17 Å². The average Bonchev–Trinajstić information content (AvgIpc) is 1.97. The van der Waals surface area contributed by atoms with Crippen LogP contribution in [0.25, 0.3) is 0 Å². The smallest absolute Gasteiger partial charge is 0.248 e. The molecule has 0 aromatic carbocycles. The molecular formula is C5H8NO2S-. The van der Waals surface area contributed by atoms with Crippen LogP contribution in [0.1, 0.15) is 13.8 Å². The first kappa shape index (κ1) is 6.77. The number of ether oxygens (including phenoxy) is 1. The van der Waals surface area contributed by atoms with Gasteiger partial charge in [-0.3, -0.25) is 0 Å². The fourth-order valence-corrected chi connectivity index (χ4v) is 0.909. The monoisotopic (exact) mass is 146 g/mol. The molecule has 3 nitrogen and oxygen atoms in total. The molecule has 52 valence electrons. The van der Waals surface area contributed by atoms with Gasteiger partial charge in [0, 0.05) is 0 Å². The Labute approximate surface area is 59.2 Å². The van der Waals surface area contributed by atoms with E-state index in [0.29, 0.717) is 6.61 Å².